The molecule has 42 valence electrons. The maximum Gasteiger partial charge on any atom is 0.0214 e. The number of hydrogen-bond acceptors (Lipinski definition) is 0. The maximum absolute atomic E-state index is 3.31. The molecule has 0 bridgehead atoms. The van der Waals surface area contributed by atoms with Crippen LogP contribution in [0, 0.1) is 0 Å². The van der Waals surface area contributed by atoms with Crippen molar-refractivity contribution < 1.29 is 0 Å². The fraction of sp³-hybridized carbons (Fsp3) is 0.667. The Kier molecular flexibility index (Phi) is 4.52. The molecule has 0 saturated heterocycles. The molecule has 1 heteroatoms. The molecule has 0 aliphatic heterocycles. The summed E-state index contributed by atoms with van der Waals surface area (Å²) in [5.74, 6) is 0. The second-order valence-corrected chi connectivity index (χ2v) is 2.21. The minimum Gasteiger partial charge on any atom is -0.0883 e. The van der Waals surface area contributed by atoms with E-state index in [9.17, 15) is 0 Å². The lowest BCUT2D eigenvalue weighted by Gasteiger charge is -1.87. The van der Waals surface area contributed by atoms with Gasteiger partial charge in [0.25, 0.3) is 0 Å². The molecule has 0 aromatic rings. The highest BCUT2D eigenvalue weighted by Crippen LogP contribution is 1.97. The number of allylic oxidation sites excluding steroid dienone is 2. The summed E-state index contributed by atoms with van der Waals surface area (Å²) in [5, 5.41) is 0.993. The van der Waals surface area contributed by atoms with E-state index in [1.807, 2.05) is 0 Å². The summed E-state index contributed by atoms with van der Waals surface area (Å²) in [6.07, 6.45) is 3.35. The number of alkyl halides is 1. The molecule has 0 N–H and O–H groups in total. The summed E-state index contributed by atoms with van der Waals surface area (Å²) in [7, 11) is 0. The molecular weight excluding hydrogens is 152 g/mol. The van der Waals surface area contributed by atoms with Crippen LogP contribution in [0.2, 0.25) is 0 Å². The van der Waals surface area contributed by atoms with Crippen molar-refractivity contribution in [3.63, 3.8) is 0 Å². The van der Waals surface area contributed by atoms with E-state index in [-0.39, 0.29) is 0 Å². The van der Waals surface area contributed by atoms with Gasteiger partial charge >= 0.3 is 0 Å². The minimum atomic E-state index is 0.993. The molecule has 0 aromatic carbocycles. The zero-order chi connectivity index (χ0) is 5.70. The Balaban J connectivity index is 3.29. The summed E-state index contributed by atoms with van der Waals surface area (Å²) in [5.41, 5.74) is 1.46. The van der Waals surface area contributed by atoms with E-state index >= 15 is 0 Å². The molecule has 0 unspecified atom stereocenters. The lowest BCUT2D eigenvalue weighted by atomic mass is 10.2. The quantitative estimate of drug-likeness (QED) is 0.433. The molecule has 0 aromatic heterocycles. The molecular formula is C6H11Br. The molecule has 0 aliphatic carbocycles. The number of halogens is 1. The first-order chi connectivity index (χ1) is 3.31. The van der Waals surface area contributed by atoms with Crippen LogP contribution in [0.3, 0.4) is 0 Å². The second-order valence-electron chi connectivity index (χ2n) is 1.56. The number of hydrogen-bond donors (Lipinski definition) is 0. The van der Waals surface area contributed by atoms with E-state index < -0.39 is 0 Å². The summed E-state index contributed by atoms with van der Waals surface area (Å²) in [6, 6.07) is 0. The van der Waals surface area contributed by atoms with Gasteiger partial charge in [0.05, 0.1) is 0 Å². The van der Waals surface area contributed by atoms with Crippen LogP contribution in [0.5, 0.6) is 0 Å². The molecule has 7 heavy (non-hydrogen) atoms. The molecule has 0 spiro atoms. The van der Waals surface area contributed by atoms with Crippen molar-refractivity contribution >= 4 is 15.9 Å². The van der Waals surface area contributed by atoms with Gasteiger partial charge in [0, 0.05) is 5.33 Å². The zero-order valence-corrected chi connectivity index (χ0v) is 6.46. The van der Waals surface area contributed by atoms with Crippen LogP contribution in [0.15, 0.2) is 11.6 Å². The van der Waals surface area contributed by atoms with Crippen LogP contribution in [-0.2, 0) is 0 Å². The van der Waals surface area contributed by atoms with E-state index in [0.717, 1.165) is 5.33 Å². The molecule has 0 atom stereocenters. The summed E-state index contributed by atoms with van der Waals surface area (Å²) in [6.45, 7) is 4.30. The van der Waals surface area contributed by atoms with Crippen molar-refractivity contribution in [2.24, 2.45) is 0 Å². The highest BCUT2D eigenvalue weighted by Gasteiger charge is 1.77. The monoisotopic (exact) mass is 162 g/mol. The van der Waals surface area contributed by atoms with E-state index in [0.29, 0.717) is 0 Å². The van der Waals surface area contributed by atoms with Crippen LogP contribution >= 0.6 is 15.9 Å². The molecule has 0 aliphatic rings. The highest BCUT2D eigenvalue weighted by atomic mass is 79.9. The SMILES string of the molecule is CC/C(C)=C/CBr. The van der Waals surface area contributed by atoms with Crippen molar-refractivity contribution in [1.29, 1.82) is 0 Å². The van der Waals surface area contributed by atoms with Gasteiger partial charge in [0.15, 0.2) is 0 Å². The van der Waals surface area contributed by atoms with E-state index in [1.165, 1.54) is 12.0 Å². The standard InChI is InChI=1S/C6H11Br/c1-3-6(2)4-5-7/h4H,3,5H2,1-2H3/b6-4+. The van der Waals surface area contributed by atoms with Crippen LogP contribution in [0.25, 0.3) is 0 Å². The predicted octanol–water partition coefficient (Wildman–Crippen LogP) is 2.74. The van der Waals surface area contributed by atoms with Gasteiger partial charge in [-0.25, -0.2) is 0 Å². The molecule has 0 fully saturated rings. The van der Waals surface area contributed by atoms with Gasteiger partial charge in [-0.05, 0) is 13.3 Å². The van der Waals surface area contributed by atoms with Gasteiger partial charge in [-0.2, -0.15) is 0 Å². The first-order valence-electron chi connectivity index (χ1n) is 2.52. The smallest absolute Gasteiger partial charge is 0.0214 e. The molecule has 0 amide bonds. The first kappa shape index (κ1) is 7.22. The predicted molar refractivity (Wildman–Crippen MR) is 37.8 cm³/mol. The normalized spacial score (nSPS) is 12.1. The second kappa shape index (κ2) is 4.38. The van der Waals surface area contributed by atoms with E-state index in [1.54, 1.807) is 0 Å². The van der Waals surface area contributed by atoms with Gasteiger partial charge in [-0.3, -0.25) is 0 Å². The average Bonchev–Trinajstić information content (AvgIpc) is 1.68. The Labute approximate surface area is 53.7 Å². The highest BCUT2D eigenvalue weighted by molar-refractivity contribution is 9.09. The third-order valence-corrected chi connectivity index (χ3v) is 1.31. The maximum atomic E-state index is 3.31. The number of rotatable bonds is 2. The largest absolute Gasteiger partial charge is 0.0883 e. The Bertz CT molecular complexity index is 64.6. The fourth-order valence-electron chi connectivity index (χ4n) is 0.276. The molecule has 0 radical (unpaired) electrons. The van der Waals surface area contributed by atoms with Crippen LogP contribution in [0.1, 0.15) is 20.3 Å². The molecule has 0 heterocycles. The van der Waals surface area contributed by atoms with Crippen molar-refractivity contribution in [1.82, 2.24) is 0 Å². The lowest BCUT2D eigenvalue weighted by Crippen LogP contribution is -1.69. The molecule has 0 rings (SSSR count). The van der Waals surface area contributed by atoms with Gasteiger partial charge in [-0.15, -0.1) is 0 Å². The Morgan fingerprint density at radius 2 is 2.29 bits per heavy atom. The first-order valence-corrected chi connectivity index (χ1v) is 3.65. The fourth-order valence-corrected chi connectivity index (χ4v) is 0.829. The molecule has 0 saturated carbocycles. The Morgan fingerprint density at radius 1 is 1.71 bits per heavy atom. The third-order valence-electron chi connectivity index (χ3n) is 0.983. The van der Waals surface area contributed by atoms with Crippen molar-refractivity contribution in [3.05, 3.63) is 11.6 Å². The minimum absolute atomic E-state index is 0.993. The zero-order valence-electron chi connectivity index (χ0n) is 4.87. The topological polar surface area (TPSA) is 0 Å². The summed E-state index contributed by atoms with van der Waals surface area (Å²) < 4.78 is 0. The summed E-state index contributed by atoms with van der Waals surface area (Å²) >= 11 is 3.31. The average molecular weight is 163 g/mol. The van der Waals surface area contributed by atoms with Crippen LogP contribution in [-0.4, -0.2) is 5.33 Å². The van der Waals surface area contributed by atoms with E-state index in [2.05, 4.69) is 35.9 Å². The summed E-state index contributed by atoms with van der Waals surface area (Å²) in [4.78, 5) is 0. The third kappa shape index (κ3) is 4.07. The lowest BCUT2D eigenvalue weighted by molar-refractivity contribution is 1.09. The van der Waals surface area contributed by atoms with E-state index in [4.69, 9.17) is 0 Å². The molecule has 0 nitrogen and oxygen atoms in total. The van der Waals surface area contributed by atoms with Crippen molar-refractivity contribution in [2.75, 3.05) is 5.33 Å². The van der Waals surface area contributed by atoms with Crippen molar-refractivity contribution in [3.8, 4) is 0 Å². The van der Waals surface area contributed by atoms with Crippen molar-refractivity contribution in [2.45, 2.75) is 20.3 Å². The van der Waals surface area contributed by atoms with Crippen LogP contribution in [0.4, 0.5) is 0 Å². The van der Waals surface area contributed by atoms with Gasteiger partial charge in [-0.1, -0.05) is 34.5 Å². The van der Waals surface area contributed by atoms with Gasteiger partial charge < -0.3 is 0 Å². The Hall–Kier alpha value is 0.220. The van der Waals surface area contributed by atoms with Crippen LogP contribution < -0.4 is 0 Å². The van der Waals surface area contributed by atoms with Gasteiger partial charge in [0.2, 0.25) is 0 Å². The Morgan fingerprint density at radius 3 is 2.43 bits per heavy atom. The van der Waals surface area contributed by atoms with Gasteiger partial charge in [0.1, 0.15) is 0 Å².